The number of carbonyl (C=O) groups excluding carboxylic acids is 1. The largest absolute Gasteiger partial charge is 0.306 e. The summed E-state index contributed by atoms with van der Waals surface area (Å²) in [5.74, 6) is -0.405. The third-order valence-electron chi connectivity index (χ3n) is 2.73. The van der Waals surface area contributed by atoms with E-state index in [4.69, 9.17) is 5.26 Å². The number of aryl methyl sites for hydroxylation is 1. The van der Waals surface area contributed by atoms with Gasteiger partial charge in [0.15, 0.2) is 0 Å². The van der Waals surface area contributed by atoms with Gasteiger partial charge in [0.1, 0.15) is 17.5 Å². The number of nitriles is 1. The Hall–Kier alpha value is -3.27. The molecule has 1 aromatic heterocycles. The zero-order chi connectivity index (χ0) is 15.4. The van der Waals surface area contributed by atoms with Crippen molar-refractivity contribution in [2.45, 2.75) is 6.92 Å². The standard InChI is InChI=1S/C14H10N4O3/c1-9-2-4-12(18(20)21)11(6-9)14(19)17-13-5-3-10(7-15)8-16-13/h2-6,8H,1H3,(H,16,17,19). The molecule has 0 aliphatic heterocycles. The minimum Gasteiger partial charge on any atom is -0.306 e. The predicted molar refractivity (Wildman–Crippen MR) is 74.7 cm³/mol. The summed E-state index contributed by atoms with van der Waals surface area (Å²) in [4.78, 5) is 26.3. The summed E-state index contributed by atoms with van der Waals surface area (Å²) < 4.78 is 0. The number of benzene rings is 1. The Bertz CT molecular complexity index is 748. The van der Waals surface area contributed by atoms with Crippen LogP contribution in [0.15, 0.2) is 36.5 Å². The SMILES string of the molecule is Cc1ccc([N+](=O)[O-])c(C(=O)Nc2ccc(C#N)cn2)c1. The fourth-order valence-corrected chi connectivity index (χ4v) is 1.71. The van der Waals surface area contributed by atoms with E-state index in [1.54, 1.807) is 13.0 Å². The maximum absolute atomic E-state index is 12.1. The van der Waals surface area contributed by atoms with Crippen molar-refractivity contribution in [3.05, 3.63) is 63.3 Å². The van der Waals surface area contributed by atoms with Crippen LogP contribution in [0.25, 0.3) is 0 Å². The number of rotatable bonds is 3. The Balaban J connectivity index is 2.29. The van der Waals surface area contributed by atoms with Crippen molar-refractivity contribution < 1.29 is 9.72 Å². The fraction of sp³-hybridized carbons (Fsp3) is 0.0714. The van der Waals surface area contributed by atoms with Crippen LogP contribution in [-0.2, 0) is 0 Å². The zero-order valence-corrected chi connectivity index (χ0v) is 11.0. The van der Waals surface area contributed by atoms with E-state index in [0.717, 1.165) is 5.56 Å². The molecule has 0 saturated carbocycles. The number of nitro groups is 1. The molecular weight excluding hydrogens is 272 g/mol. The lowest BCUT2D eigenvalue weighted by atomic mass is 10.1. The molecule has 1 aromatic carbocycles. The number of pyridine rings is 1. The van der Waals surface area contributed by atoms with Gasteiger partial charge in [-0.3, -0.25) is 14.9 Å². The first-order chi connectivity index (χ1) is 10.0. The van der Waals surface area contributed by atoms with E-state index in [1.165, 1.54) is 30.5 Å². The van der Waals surface area contributed by atoms with Crippen molar-refractivity contribution in [3.8, 4) is 6.07 Å². The second-order valence-electron chi connectivity index (χ2n) is 4.28. The van der Waals surface area contributed by atoms with Gasteiger partial charge in [0.2, 0.25) is 0 Å². The van der Waals surface area contributed by atoms with Crippen LogP contribution in [0.5, 0.6) is 0 Å². The molecule has 1 amide bonds. The molecule has 0 unspecified atom stereocenters. The molecule has 0 radical (unpaired) electrons. The van der Waals surface area contributed by atoms with Gasteiger partial charge >= 0.3 is 0 Å². The van der Waals surface area contributed by atoms with E-state index in [1.807, 2.05) is 6.07 Å². The zero-order valence-electron chi connectivity index (χ0n) is 11.0. The molecule has 0 fully saturated rings. The van der Waals surface area contributed by atoms with E-state index in [9.17, 15) is 14.9 Å². The quantitative estimate of drug-likeness (QED) is 0.686. The summed E-state index contributed by atoms with van der Waals surface area (Å²) in [5.41, 5.74) is 0.783. The number of nitro benzene ring substituents is 1. The van der Waals surface area contributed by atoms with Gasteiger partial charge in [-0.15, -0.1) is 0 Å². The Kier molecular flexibility index (Phi) is 3.90. The van der Waals surface area contributed by atoms with Crippen molar-refractivity contribution in [2.24, 2.45) is 0 Å². The van der Waals surface area contributed by atoms with E-state index in [2.05, 4.69) is 10.3 Å². The molecule has 0 aliphatic carbocycles. The van der Waals surface area contributed by atoms with Crippen LogP contribution in [0.1, 0.15) is 21.5 Å². The Morgan fingerprint density at radius 3 is 2.71 bits per heavy atom. The Morgan fingerprint density at radius 1 is 1.38 bits per heavy atom. The van der Waals surface area contributed by atoms with Crippen LogP contribution < -0.4 is 5.32 Å². The summed E-state index contributed by atoms with van der Waals surface area (Å²) in [5, 5.41) is 22.1. The minimum atomic E-state index is -0.623. The van der Waals surface area contributed by atoms with Crippen LogP contribution in [0.4, 0.5) is 11.5 Å². The first kappa shape index (κ1) is 14.1. The molecule has 0 aliphatic rings. The summed E-state index contributed by atoms with van der Waals surface area (Å²) in [7, 11) is 0. The molecule has 104 valence electrons. The van der Waals surface area contributed by atoms with Gasteiger partial charge in [-0.05, 0) is 30.7 Å². The van der Waals surface area contributed by atoms with Crippen molar-refractivity contribution >= 4 is 17.4 Å². The van der Waals surface area contributed by atoms with Crippen LogP contribution in [-0.4, -0.2) is 15.8 Å². The minimum absolute atomic E-state index is 0.0360. The van der Waals surface area contributed by atoms with E-state index in [0.29, 0.717) is 5.56 Å². The number of carbonyl (C=O) groups is 1. The third kappa shape index (κ3) is 3.19. The van der Waals surface area contributed by atoms with Crippen molar-refractivity contribution in [1.82, 2.24) is 4.98 Å². The number of hydrogen-bond donors (Lipinski definition) is 1. The number of nitrogens with zero attached hydrogens (tertiary/aromatic N) is 3. The topological polar surface area (TPSA) is 109 Å². The van der Waals surface area contributed by atoms with Gasteiger partial charge < -0.3 is 5.32 Å². The lowest BCUT2D eigenvalue weighted by Gasteiger charge is -2.06. The third-order valence-corrected chi connectivity index (χ3v) is 2.73. The normalized spacial score (nSPS) is 9.71. The number of hydrogen-bond acceptors (Lipinski definition) is 5. The lowest BCUT2D eigenvalue weighted by Crippen LogP contribution is -2.15. The molecule has 7 heteroatoms. The molecule has 1 N–H and O–H groups in total. The summed E-state index contributed by atoms with van der Waals surface area (Å²) in [6.45, 7) is 1.74. The second-order valence-corrected chi connectivity index (χ2v) is 4.28. The van der Waals surface area contributed by atoms with E-state index >= 15 is 0 Å². The first-order valence-electron chi connectivity index (χ1n) is 5.94. The maximum Gasteiger partial charge on any atom is 0.282 e. The maximum atomic E-state index is 12.1. The highest BCUT2D eigenvalue weighted by molar-refractivity contribution is 6.06. The molecule has 21 heavy (non-hydrogen) atoms. The van der Waals surface area contributed by atoms with Gasteiger partial charge in [0.05, 0.1) is 10.5 Å². The highest BCUT2D eigenvalue weighted by Gasteiger charge is 2.20. The first-order valence-corrected chi connectivity index (χ1v) is 5.94. The van der Waals surface area contributed by atoms with Crippen LogP contribution in [0.3, 0.4) is 0 Å². The molecule has 0 saturated heterocycles. The Labute approximate surface area is 120 Å². The van der Waals surface area contributed by atoms with Gasteiger partial charge in [0.25, 0.3) is 11.6 Å². The van der Waals surface area contributed by atoms with Gasteiger partial charge in [-0.25, -0.2) is 4.98 Å². The van der Waals surface area contributed by atoms with Gasteiger partial charge in [-0.2, -0.15) is 5.26 Å². The molecule has 2 aromatic rings. The molecule has 0 spiro atoms. The Morgan fingerprint density at radius 2 is 2.14 bits per heavy atom. The fourth-order valence-electron chi connectivity index (χ4n) is 1.71. The van der Waals surface area contributed by atoms with Gasteiger partial charge in [0, 0.05) is 12.3 Å². The van der Waals surface area contributed by atoms with Crippen molar-refractivity contribution in [2.75, 3.05) is 5.32 Å². The number of amides is 1. The molecule has 0 atom stereocenters. The smallest absolute Gasteiger partial charge is 0.282 e. The summed E-state index contributed by atoms with van der Waals surface area (Å²) in [6.07, 6.45) is 1.31. The van der Waals surface area contributed by atoms with E-state index < -0.39 is 10.8 Å². The monoisotopic (exact) mass is 282 g/mol. The molecule has 0 bridgehead atoms. The molecule has 2 rings (SSSR count). The molecule has 1 heterocycles. The van der Waals surface area contributed by atoms with Crippen molar-refractivity contribution in [1.29, 1.82) is 5.26 Å². The number of nitrogens with one attached hydrogen (secondary N) is 1. The summed E-state index contributed by atoms with van der Waals surface area (Å²) in [6, 6.07) is 9.15. The van der Waals surface area contributed by atoms with Crippen LogP contribution in [0.2, 0.25) is 0 Å². The predicted octanol–water partition coefficient (Wildman–Crippen LogP) is 2.42. The number of aromatic nitrogens is 1. The summed E-state index contributed by atoms with van der Waals surface area (Å²) >= 11 is 0. The van der Waals surface area contributed by atoms with Crippen LogP contribution >= 0.6 is 0 Å². The highest BCUT2D eigenvalue weighted by atomic mass is 16.6. The number of anilines is 1. The van der Waals surface area contributed by atoms with Gasteiger partial charge in [-0.1, -0.05) is 6.07 Å². The van der Waals surface area contributed by atoms with Crippen LogP contribution in [0, 0.1) is 28.4 Å². The second kappa shape index (κ2) is 5.79. The highest BCUT2D eigenvalue weighted by Crippen LogP contribution is 2.21. The average molecular weight is 282 g/mol. The molecule has 7 nitrogen and oxygen atoms in total. The average Bonchev–Trinajstić information content (AvgIpc) is 2.47. The van der Waals surface area contributed by atoms with Crippen molar-refractivity contribution in [3.63, 3.8) is 0 Å². The lowest BCUT2D eigenvalue weighted by molar-refractivity contribution is -0.385. The van der Waals surface area contributed by atoms with E-state index in [-0.39, 0.29) is 17.1 Å². The molecular formula is C14H10N4O3.